The van der Waals surface area contributed by atoms with Crippen molar-refractivity contribution < 1.29 is 24.2 Å². The summed E-state index contributed by atoms with van der Waals surface area (Å²) >= 11 is 1.25. The number of hydrogen-bond donors (Lipinski definition) is 1. The highest BCUT2D eigenvalue weighted by Crippen LogP contribution is 2.43. The monoisotopic (exact) mass is 507 g/mol. The van der Waals surface area contributed by atoms with Crippen LogP contribution in [0.1, 0.15) is 27.0 Å². The van der Waals surface area contributed by atoms with E-state index < -0.39 is 23.5 Å². The van der Waals surface area contributed by atoms with Crippen molar-refractivity contribution in [2.24, 2.45) is 0 Å². The number of amides is 1. The molecule has 0 bridgehead atoms. The first-order chi connectivity index (χ1) is 17.3. The van der Waals surface area contributed by atoms with Crippen LogP contribution in [-0.2, 0) is 4.79 Å². The molecule has 1 unspecified atom stereocenters. The van der Waals surface area contributed by atoms with Crippen LogP contribution < -0.4 is 9.47 Å². The predicted octanol–water partition coefficient (Wildman–Crippen LogP) is 4.28. The molecule has 9 heteroatoms. The van der Waals surface area contributed by atoms with Gasteiger partial charge in [0.2, 0.25) is 5.78 Å². The first-order valence-corrected chi connectivity index (χ1v) is 12.3. The fourth-order valence-electron chi connectivity index (χ4n) is 4.23. The zero-order chi connectivity index (χ0) is 26.0. The summed E-state index contributed by atoms with van der Waals surface area (Å²) < 4.78 is 10.8. The Labute approximate surface area is 214 Å². The number of Topliss-reactive ketones (excluding diaryl/α,β-unsaturated/α-hetero) is 1. The Balaban J connectivity index is 1.80. The van der Waals surface area contributed by atoms with Gasteiger partial charge < -0.3 is 24.4 Å². The molecule has 36 heavy (non-hydrogen) atoms. The number of ketones is 1. The van der Waals surface area contributed by atoms with Gasteiger partial charge >= 0.3 is 0 Å². The van der Waals surface area contributed by atoms with E-state index in [0.29, 0.717) is 45.7 Å². The zero-order valence-corrected chi connectivity index (χ0v) is 21.8. The molecule has 1 N–H and O–H groups in total. The number of thiazole rings is 1. The minimum atomic E-state index is -0.786. The number of aliphatic hydroxyl groups is 1. The smallest absolute Gasteiger partial charge is 0.290 e. The van der Waals surface area contributed by atoms with Crippen molar-refractivity contribution in [3.8, 4) is 22.1 Å². The minimum Gasteiger partial charge on any atom is -0.503 e. The highest BCUT2D eigenvalue weighted by Gasteiger charge is 2.44. The van der Waals surface area contributed by atoms with E-state index in [1.165, 1.54) is 30.5 Å². The molecular formula is C27H29N3O5S. The van der Waals surface area contributed by atoms with Crippen LogP contribution in [0.4, 0.5) is 0 Å². The lowest BCUT2D eigenvalue weighted by molar-refractivity contribution is -0.129. The average Bonchev–Trinajstić information content (AvgIpc) is 3.39. The lowest BCUT2D eigenvalue weighted by atomic mass is 9.94. The van der Waals surface area contributed by atoms with Gasteiger partial charge in [0.1, 0.15) is 5.01 Å². The lowest BCUT2D eigenvalue weighted by Crippen LogP contribution is -2.36. The highest BCUT2D eigenvalue weighted by molar-refractivity contribution is 7.17. The number of aryl methyl sites for hydroxylation is 1. The first-order valence-electron chi connectivity index (χ1n) is 11.4. The van der Waals surface area contributed by atoms with Crippen LogP contribution in [0, 0.1) is 6.92 Å². The summed E-state index contributed by atoms with van der Waals surface area (Å²) in [5.41, 5.74) is 2.12. The van der Waals surface area contributed by atoms with Crippen molar-refractivity contribution in [2.45, 2.75) is 13.0 Å². The molecule has 0 spiro atoms. The van der Waals surface area contributed by atoms with Crippen molar-refractivity contribution in [3.63, 3.8) is 0 Å². The second kappa shape index (κ2) is 10.5. The van der Waals surface area contributed by atoms with Crippen LogP contribution in [0.3, 0.4) is 0 Å². The molecule has 1 aliphatic rings. The molecular weight excluding hydrogens is 478 g/mol. The number of rotatable bonds is 9. The molecule has 1 amide bonds. The Morgan fingerprint density at radius 2 is 1.81 bits per heavy atom. The van der Waals surface area contributed by atoms with Gasteiger partial charge in [-0.2, -0.15) is 0 Å². The topological polar surface area (TPSA) is 92.2 Å². The third kappa shape index (κ3) is 4.72. The summed E-state index contributed by atoms with van der Waals surface area (Å²) in [5.74, 6) is -0.533. The van der Waals surface area contributed by atoms with Crippen LogP contribution in [0.15, 0.2) is 59.9 Å². The van der Waals surface area contributed by atoms with Gasteiger partial charge in [0.05, 0.1) is 36.4 Å². The maximum absolute atomic E-state index is 13.9. The SMILES string of the molecule is COc1ccc(C2C(C(=O)c3sc(-c4ccccc4)nc3C)=C(O)C(=O)N2CCN(C)C)cc1OC. The molecule has 0 aliphatic carbocycles. The maximum Gasteiger partial charge on any atom is 0.290 e. The van der Waals surface area contributed by atoms with Crippen molar-refractivity contribution in [3.05, 3.63) is 76.0 Å². The number of nitrogens with zero attached hydrogens (tertiary/aromatic N) is 3. The fourth-order valence-corrected chi connectivity index (χ4v) is 5.25. The number of carbonyl (C=O) groups excluding carboxylic acids is 2. The number of aliphatic hydroxyl groups excluding tert-OH is 1. The number of carbonyl (C=O) groups is 2. The van der Waals surface area contributed by atoms with E-state index in [4.69, 9.17) is 9.47 Å². The molecule has 1 aromatic heterocycles. The standard InChI is InChI=1S/C27H29N3O5S/c1-16-25(36-26(28-16)17-9-7-6-8-10-17)23(31)21-22(18-11-12-19(34-4)20(15-18)35-5)30(14-13-29(2)3)27(33)24(21)32/h6-12,15,22,32H,13-14H2,1-5H3. The van der Waals surface area contributed by atoms with E-state index in [0.717, 1.165) is 5.56 Å². The van der Waals surface area contributed by atoms with Crippen LogP contribution in [0.2, 0.25) is 0 Å². The van der Waals surface area contributed by atoms with Gasteiger partial charge in [-0.1, -0.05) is 36.4 Å². The number of aromatic nitrogens is 1. The van der Waals surface area contributed by atoms with Crippen molar-refractivity contribution in [1.82, 2.24) is 14.8 Å². The molecule has 4 rings (SSSR count). The first kappa shape index (κ1) is 25.4. The molecule has 3 aromatic rings. The molecule has 188 valence electrons. The van der Waals surface area contributed by atoms with Gasteiger partial charge in [-0.25, -0.2) is 4.98 Å². The van der Waals surface area contributed by atoms with Gasteiger partial charge in [-0.05, 0) is 38.7 Å². The third-order valence-electron chi connectivity index (χ3n) is 6.08. The van der Waals surface area contributed by atoms with E-state index in [9.17, 15) is 14.7 Å². The molecule has 2 heterocycles. The van der Waals surface area contributed by atoms with Crippen LogP contribution in [-0.4, -0.2) is 73.0 Å². The van der Waals surface area contributed by atoms with E-state index in [2.05, 4.69) is 4.98 Å². The number of ether oxygens (including phenoxy) is 2. The lowest BCUT2D eigenvalue weighted by Gasteiger charge is -2.28. The zero-order valence-electron chi connectivity index (χ0n) is 20.9. The van der Waals surface area contributed by atoms with Gasteiger partial charge in [-0.3, -0.25) is 9.59 Å². The van der Waals surface area contributed by atoms with E-state index in [-0.39, 0.29) is 5.57 Å². The highest BCUT2D eigenvalue weighted by atomic mass is 32.1. The van der Waals surface area contributed by atoms with E-state index in [1.807, 2.05) is 49.3 Å². The molecule has 2 aromatic carbocycles. The molecule has 1 aliphatic heterocycles. The largest absolute Gasteiger partial charge is 0.503 e. The molecule has 0 saturated carbocycles. The van der Waals surface area contributed by atoms with Gasteiger partial charge in [0.25, 0.3) is 5.91 Å². The average molecular weight is 508 g/mol. The Morgan fingerprint density at radius 3 is 2.44 bits per heavy atom. The predicted molar refractivity (Wildman–Crippen MR) is 139 cm³/mol. The van der Waals surface area contributed by atoms with Crippen LogP contribution in [0.25, 0.3) is 10.6 Å². The normalized spacial score (nSPS) is 15.7. The van der Waals surface area contributed by atoms with Crippen molar-refractivity contribution in [1.29, 1.82) is 0 Å². The number of benzene rings is 2. The Hall–Kier alpha value is -3.69. The summed E-state index contributed by atoms with van der Waals surface area (Å²) in [5, 5.41) is 11.7. The summed E-state index contributed by atoms with van der Waals surface area (Å²) in [6.07, 6.45) is 0. The summed E-state index contributed by atoms with van der Waals surface area (Å²) in [6, 6.07) is 14.1. The summed E-state index contributed by atoms with van der Waals surface area (Å²) in [6.45, 7) is 2.64. The van der Waals surface area contributed by atoms with Crippen molar-refractivity contribution >= 4 is 23.0 Å². The number of methoxy groups -OCH3 is 2. The van der Waals surface area contributed by atoms with Crippen LogP contribution >= 0.6 is 11.3 Å². The molecule has 1 atom stereocenters. The molecule has 0 radical (unpaired) electrons. The Morgan fingerprint density at radius 1 is 1.11 bits per heavy atom. The van der Waals surface area contributed by atoms with Gasteiger partial charge in [-0.15, -0.1) is 11.3 Å². The quantitative estimate of drug-likeness (QED) is 0.432. The third-order valence-corrected chi connectivity index (χ3v) is 7.29. The fraction of sp³-hybridized carbons (Fsp3) is 0.296. The Bertz CT molecular complexity index is 1320. The number of likely N-dealkylation sites (N-methyl/N-ethyl adjacent to an activating group) is 1. The van der Waals surface area contributed by atoms with E-state index >= 15 is 0 Å². The molecule has 0 fully saturated rings. The molecule has 8 nitrogen and oxygen atoms in total. The maximum atomic E-state index is 13.9. The van der Waals surface area contributed by atoms with Crippen molar-refractivity contribution in [2.75, 3.05) is 41.4 Å². The second-order valence-electron chi connectivity index (χ2n) is 8.71. The number of hydrogen-bond acceptors (Lipinski definition) is 8. The van der Waals surface area contributed by atoms with Crippen LogP contribution in [0.5, 0.6) is 11.5 Å². The molecule has 0 saturated heterocycles. The minimum absolute atomic E-state index is 0.0392. The van der Waals surface area contributed by atoms with E-state index in [1.54, 1.807) is 25.1 Å². The Kier molecular flexibility index (Phi) is 7.42. The van der Waals surface area contributed by atoms with Gasteiger partial charge in [0, 0.05) is 18.7 Å². The summed E-state index contributed by atoms with van der Waals surface area (Å²) in [4.78, 5) is 35.6. The second-order valence-corrected chi connectivity index (χ2v) is 9.71. The summed E-state index contributed by atoms with van der Waals surface area (Å²) in [7, 11) is 6.86. The van der Waals surface area contributed by atoms with Gasteiger partial charge in [0.15, 0.2) is 17.3 Å².